The van der Waals surface area contributed by atoms with E-state index < -0.39 is 0 Å². The van der Waals surface area contributed by atoms with Crippen LogP contribution in [0.3, 0.4) is 0 Å². The van der Waals surface area contributed by atoms with Crippen molar-refractivity contribution in [2.24, 2.45) is 5.73 Å². The van der Waals surface area contributed by atoms with Crippen LogP contribution in [0.25, 0.3) is 22.3 Å². The van der Waals surface area contributed by atoms with E-state index in [0.29, 0.717) is 17.7 Å². The summed E-state index contributed by atoms with van der Waals surface area (Å²) in [4.78, 5) is 8.90. The van der Waals surface area contributed by atoms with Crippen LogP contribution in [-0.2, 0) is 0 Å². The minimum absolute atomic E-state index is 0.137. The third-order valence-corrected chi connectivity index (χ3v) is 3.43. The van der Waals surface area contributed by atoms with Gasteiger partial charge in [-0.15, -0.1) is 0 Å². The second-order valence-corrected chi connectivity index (χ2v) is 5.03. The average Bonchev–Trinajstić information content (AvgIpc) is 2.63. The summed E-state index contributed by atoms with van der Waals surface area (Å²) in [6.45, 7) is 0.275. The van der Waals surface area contributed by atoms with E-state index in [1.807, 2.05) is 48.5 Å². The molecule has 2 heterocycles. The van der Waals surface area contributed by atoms with Crippen LogP contribution in [0.5, 0.6) is 5.75 Å². The fraction of sp³-hybridized carbons (Fsp3) is 0.111. The Bertz CT molecular complexity index is 834. The molecule has 4 nitrogen and oxygen atoms in total. The van der Waals surface area contributed by atoms with Crippen molar-refractivity contribution in [1.29, 1.82) is 0 Å². The molecule has 0 spiro atoms. The van der Waals surface area contributed by atoms with E-state index in [-0.39, 0.29) is 13.2 Å². The first-order valence-corrected chi connectivity index (χ1v) is 7.23. The van der Waals surface area contributed by atoms with Crippen LogP contribution >= 0.6 is 0 Å². The lowest BCUT2D eigenvalue weighted by Crippen LogP contribution is -2.10. The molecule has 5 heteroatoms. The first-order valence-electron chi connectivity index (χ1n) is 7.23. The zero-order valence-corrected chi connectivity index (χ0v) is 12.4. The summed E-state index contributed by atoms with van der Waals surface area (Å²) in [7, 11) is 0. The van der Waals surface area contributed by atoms with Gasteiger partial charge in [0.05, 0.1) is 23.2 Å². The molecule has 2 N–H and O–H groups in total. The van der Waals surface area contributed by atoms with E-state index in [0.717, 1.165) is 22.3 Å². The molecule has 0 atom stereocenters. The molecule has 0 aliphatic rings. The second-order valence-electron chi connectivity index (χ2n) is 5.03. The van der Waals surface area contributed by atoms with Crippen LogP contribution in [0, 0.1) is 0 Å². The van der Waals surface area contributed by atoms with Crippen molar-refractivity contribution in [3.05, 3.63) is 66.6 Å². The van der Waals surface area contributed by atoms with Crippen LogP contribution in [-0.4, -0.2) is 23.1 Å². The molecule has 116 valence electrons. The molecule has 0 saturated heterocycles. The van der Waals surface area contributed by atoms with E-state index in [2.05, 4.69) is 9.97 Å². The summed E-state index contributed by atoms with van der Waals surface area (Å²) >= 11 is 0. The molecule has 23 heavy (non-hydrogen) atoms. The highest BCUT2D eigenvalue weighted by Gasteiger charge is 2.04. The number of hydrogen-bond donors (Lipinski definition) is 1. The Morgan fingerprint density at radius 3 is 2.78 bits per heavy atom. The van der Waals surface area contributed by atoms with Gasteiger partial charge in [-0.05, 0) is 36.4 Å². The molecule has 2 aromatic heterocycles. The Morgan fingerprint density at radius 1 is 1.13 bits per heavy atom. The lowest BCUT2D eigenvalue weighted by molar-refractivity contribution is 0.348. The Morgan fingerprint density at radius 2 is 2.04 bits per heavy atom. The standard InChI is InChI=1S/C18H16FN3O/c19-10-13(11-20)12-23-15-5-7-16-14(9-15)4-6-18(22-16)17-3-1-2-8-21-17/h1-10H,11-12,20H2/b13-10-. The van der Waals surface area contributed by atoms with Gasteiger partial charge in [-0.2, -0.15) is 0 Å². The first-order chi connectivity index (χ1) is 11.3. The summed E-state index contributed by atoms with van der Waals surface area (Å²) in [6.07, 6.45) is 2.23. The second kappa shape index (κ2) is 6.98. The Labute approximate surface area is 133 Å². The SMILES string of the molecule is NC/C(=C/F)COc1ccc2nc(-c3ccccn3)ccc2c1. The number of pyridine rings is 2. The predicted octanol–water partition coefficient (Wildman–Crippen LogP) is 3.49. The van der Waals surface area contributed by atoms with E-state index in [1.54, 1.807) is 6.20 Å². The average molecular weight is 309 g/mol. The zero-order valence-electron chi connectivity index (χ0n) is 12.4. The topological polar surface area (TPSA) is 61.0 Å². The monoisotopic (exact) mass is 309 g/mol. The summed E-state index contributed by atoms with van der Waals surface area (Å²) in [5.41, 5.74) is 8.31. The van der Waals surface area contributed by atoms with E-state index in [1.165, 1.54) is 0 Å². The molecule has 0 fully saturated rings. The Balaban J connectivity index is 1.84. The number of hydrogen-bond acceptors (Lipinski definition) is 4. The largest absolute Gasteiger partial charge is 0.489 e. The number of rotatable bonds is 5. The maximum Gasteiger partial charge on any atom is 0.120 e. The number of nitrogens with zero attached hydrogens (tertiary/aromatic N) is 2. The minimum Gasteiger partial charge on any atom is -0.489 e. The van der Waals surface area contributed by atoms with Crippen LogP contribution in [0.15, 0.2) is 66.6 Å². The summed E-state index contributed by atoms with van der Waals surface area (Å²) < 4.78 is 18.0. The molecule has 0 saturated carbocycles. The highest BCUT2D eigenvalue weighted by atomic mass is 19.1. The van der Waals surface area contributed by atoms with Crippen LogP contribution in [0.1, 0.15) is 0 Å². The minimum atomic E-state index is 0.137. The Hall–Kier alpha value is -2.79. The molecule has 3 rings (SSSR count). The van der Waals surface area contributed by atoms with Gasteiger partial charge in [-0.1, -0.05) is 12.1 Å². The van der Waals surface area contributed by atoms with Gasteiger partial charge < -0.3 is 10.5 Å². The maximum atomic E-state index is 12.5. The highest BCUT2D eigenvalue weighted by Crippen LogP contribution is 2.23. The molecule has 3 aromatic rings. The van der Waals surface area contributed by atoms with Crippen molar-refractivity contribution in [3.63, 3.8) is 0 Å². The molecule has 0 radical (unpaired) electrons. The fourth-order valence-electron chi connectivity index (χ4n) is 2.16. The number of ether oxygens (including phenoxy) is 1. The third kappa shape index (κ3) is 3.52. The molecule has 0 unspecified atom stereocenters. The maximum absolute atomic E-state index is 12.5. The van der Waals surface area contributed by atoms with E-state index in [9.17, 15) is 4.39 Å². The van der Waals surface area contributed by atoms with Crippen molar-refractivity contribution in [3.8, 4) is 17.1 Å². The molecule has 0 bridgehead atoms. The number of fused-ring (bicyclic) bond motifs is 1. The zero-order chi connectivity index (χ0) is 16.1. The lowest BCUT2D eigenvalue weighted by atomic mass is 10.1. The Kier molecular flexibility index (Phi) is 4.59. The van der Waals surface area contributed by atoms with Crippen LogP contribution < -0.4 is 10.5 Å². The molecular formula is C18H16FN3O. The van der Waals surface area contributed by atoms with Gasteiger partial charge in [0, 0.05) is 23.7 Å². The molecule has 0 amide bonds. The first kappa shape index (κ1) is 15.1. The van der Waals surface area contributed by atoms with Crippen molar-refractivity contribution in [2.45, 2.75) is 0 Å². The van der Waals surface area contributed by atoms with Crippen LogP contribution in [0.4, 0.5) is 4.39 Å². The normalized spacial score (nSPS) is 11.7. The summed E-state index contributed by atoms with van der Waals surface area (Å²) in [5, 5.41) is 0.945. The number of halogens is 1. The van der Waals surface area contributed by atoms with Crippen molar-refractivity contribution in [1.82, 2.24) is 9.97 Å². The van der Waals surface area contributed by atoms with Crippen molar-refractivity contribution < 1.29 is 9.13 Å². The number of benzene rings is 1. The quantitative estimate of drug-likeness (QED) is 0.783. The van der Waals surface area contributed by atoms with Gasteiger partial charge in [0.1, 0.15) is 12.4 Å². The number of nitrogens with two attached hydrogens (primary N) is 1. The molecule has 0 aliphatic heterocycles. The van der Waals surface area contributed by atoms with Crippen molar-refractivity contribution >= 4 is 10.9 Å². The summed E-state index contributed by atoms with van der Waals surface area (Å²) in [6, 6.07) is 15.2. The smallest absolute Gasteiger partial charge is 0.120 e. The van der Waals surface area contributed by atoms with E-state index >= 15 is 0 Å². The van der Waals surface area contributed by atoms with E-state index in [4.69, 9.17) is 10.5 Å². The lowest BCUT2D eigenvalue weighted by Gasteiger charge is -2.08. The summed E-state index contributed by atoms with van der Waals surface area (Å²) in [5.74, 6) is 0.651. The molecule has 0 aliphatic carbocycles. The van der Waals surface area contributed by atoms with Crippen molar-refractivity contribution in [2.75, 3.05) is 13.2 Å². The van der Waals surface area contributed by atoms with Gasteiger partial charge in [0.2, 0.25) is 0 Å². The molecular weight excluding hydrogens is 293 g/mol. The van der Waals surface area contributed by atoms with Gasteiger partial charge in [0.15, 0.2) is 0 Å². The highest BCUT2D eigenvalue weighted by molar-refractivity contribution is 5.82. The third-order valence-electron chi connectivity index (χ3n) is 3.43. The van der Waals surface area contributed by atoms with Gasteiger partial charge in [-0.3, -0.25) is 4.98 Å². The molecule has 1 aromatic carbocycles. The van der Waals surface area contributed by atoms with Crippen LogP contribution in [0.2, 0.25) is 0 Å². The van der Waals surface area contributed by atoms with Gasteiger partial charge >= 0.3 is 0 Å². The van der Waals surface area contributed by atoms with Gasteiger partial charge in [-0.25, -0.2) is 9.37 Å². The fourth-order valence-corrected chi connectivity index (χ4v) is 2.16. The number of aromatic nitrogens is 2. The predicted molar refractivity (Wildman–Crippen MR) is 88.7 cm³/mol. The van der Waals surface area contributed by atoms with Gasteiger partial charge in [0.25, 0.3) is 0 Å².